The zero-order valence-corrected chi connectivity index (χ0v) is 13.0. The molecule has 2 aromatic heterocycles. The molecule has 5 nitrogen and oxygen atoms in total. The van der Waals surface area contributed by atoms with E-state index in [4.69, 9.17) is 15.5 Å². The van der Waals surface area contributed by atoms with Crippen molar-refractivity contribution in [2.45, 2.75) is 44.2 Å². The first kappa shape index (κ1) is 13.5. The first-order valence-electron chi connectivity index (χ1n) is 7.91. The van der Waals surface area contributed by atoms with Gasteiger partial charge < -0.3 is 15.4 Å². The summed E-state index contributed by atoms with van der Waals surface area (Å²) in [5, 5.41) is 2.09. The number of morpholine rings is 1. The van der Waals surface area contributed by atoms with Crippen LogP contribution in [0.25, 0.3) is 4.96 Å². The van der Waals surface area contributed by atoms with Crippen molar-refractivity contribution in [2.24, 2.45) is 5.73 Å². The van der Waals surface area contributed by atoms with Crippen LogP contribution in [0.2, 0.25) is 0 Å². The molecule has 3 heterocycles. The fraction of sp³-hybridized carbons (Fsp3) is 0.667. The highest BCUT2D eigenvalue weighted by molar-refractivity contribution is 7.15. The Labute approximate surface area is 128 Å². The quantitative estimate of drug-likeness (QED) is 0.943. The van der Waals surface area contributed by atoms with Crippen LogP contribution in [0.15, 0.2) is 11.6 Å². The molecule has 1 aliphatic carbocycles. The first-order chi connectivity index (χ1) is 10.4. The minimum Gasteiger partial charge on any atom is -0.374 e. The van der Waals surface area contributed by atoms with Gasteiger partial charge in [-0.3, -0.25) is 4.40 Å². The number of fused-ring (bicyclic) bond motifs is 2. The van der Waals surface area contributed by atoms with Crippen LogP contribution in [0, 0.1) is 0 Å². The summed E-state index contributed by atoms with van der Waals surface area (Å²) in [7, 11) is 0. The van der Waals surface area contributed by atoms with E-state index in [1.165, 1.54) is 31.4 Å². The number of nitrogens with two attached hydrogens (primary N) is 1. The summed E-state index contributed by atoms with van der Waals surface area (Å²) in [5.41, 5.74) is 7.09. The third kappa shape index (κ3) is 2.25. The molecule has 2 fully saturated rings. The molecule has 6 heteroatoms. The number of anilines is 1. The highest BCUT2D eigenvalue weighted by atomic mass is 32.1. The molecule has 2 aliphatic rings. The summed E-state index contributed by atoms with van der Waals surface area (Å²) in [5.74, 6) is 1.15. The minimum absolute atomic E-state index is 0.387. The third-order valence-electron chi connectivity index (χ3n) is 4.73. The molecule has 0 aromatic carbocycles. The van der Waals surface area contributed by atoms with E-state index in [1.54, 1.807) is 11.3 Å². The van der Waals surface area contributed by atoms with Crippen LogP contribution in [0.5, 0.6) is 0 Å². The smallest absolute Gasteiger partial charge is 0.195 e. The SMILES string of the molecule is NCCc1c(N2CCOC3CCCCC32)nc2sccn12. The van der Waals surface area contributed by atoms with Gasteiger partial charge in [0.1, 0.15) is 0 Å². The maximum Gasteiger partial charge on any atom is 0.195 e. The molecule has 1 aliphatic heterocycles. The van der Waals surface area contributed by atoms with Crippen molar-refractivity contribution in [1.82, 2.24) is 9.38 Å². The van der Waals surface area contributed by atoms with Crippen LogP contribution in [0.3, 0.4) is 0 Å². The second kappa shape index (κ2) is 5.59. The lowest BCUT2D eigenvalue weighted by atomic mass is 9.90. The van der Waals surface area contributed by atoms with E-state index in [1.807, 2.05) is 0 Å². The van der Waals surface area contributed by atoms with Crippen molar-refractivity contribution >= 4 is 22.1 Å². The van der Waals surface area contributed by atoms with Crippen LogP contribution < -0.4 is 10.6 Å². The molecule has 2 unspecified atom stereocenters. The summed E-state index contributed by atoms with van der Waals surface area (Å²) < 4.78 is 8.20. The molecule has 114 valence electrons. The zero-order chi connectivity index (χ0) is 14.2. The Hall–Kier alpha value is -1.11. The van der Waals surface area contributed by atoms with Gasteiger partial charge in [-0.15, -0.1) is 11.3 Å². The highest BCUT2D eigenvalue weighted by Gasteiger charge is 2.36. The standard InChI is InChI=1S/C15H22N4OS/c16-6-5-12-14(17-15-19(12)8-10-21-15)18-7-9-20-13-4-2-1-3-11(13)18/h8,10-11,13H,1-7,9,16H2. The largest absolute Gasteiger partial charge is 0.374 e. The van der Waals surface area contributed by atoms with E-state index in [2.05, 4.69) is 20.9 Å². The second-order valence-corrected chi connectivity index (χ2v) is 6.80. The van der Waals surface area contributed by atoms with Gasteiger partial charge in [0.15, 0.2) is 10.8 Å². The minimum atomic E-state index is 0.387. The number of nitrogens with zero attached hydrogens (tertiary/aromatic N) is 3. The molecule has 0 radical (unpaired) electrons. The maximum atomic E-state index is 5.99. The van der Waals surface area contributed by atoms with Gasteiger partial charge in [-0.2, -0.15) is 0 Å². The van der Waals surface area contributed by atoms with Gasteiger partial charge in [-0.1, -0.05) is 12.8 Å². The monoisotopic (exact) mass is 306 g/mol. The lowest BCUT2D eigenvalue weighted by Gasteiger charge is -2.44. The predicted octanol–water partition coefficient (Wildman–Crippen LogP) is 2.04. The average molecular weight is 306 g/mol. The number of rotatable bonds is 3. The van der Waals surface area contributed by atoms with Crippen molar-refractivity contribution < 1.29 is 4.74 Å². The van der Waals surface area contributed by atoms with Gasteiger partial charge >= 0.3 is 0 Å². The van der Waals surface area contributed by atoms with Gasteiger partial charge in [-0.25, -0.2) is 4.98 Å². The lowest BCUT2D eigenvalue weighted by Crippen LogP contribution is -2.53. The van der Waals surface area contributed by atoms with E-state index in [-0.39, 0.29) is 0 Å². The number of thiazole rings is 1. The molecule has 0 bridgehead atoms. The average Bonchev–Trinajstić information content (AvgIpc) is 3.10. The predicted molar refractivity (Wildman–Crippen MR) is 85.2 cm³/mol. The Morgan fingerprint density at radius 3 is 3.19 bits per heavy atom. The summed E-state index contributed by atoms with van der Waals surface area (Å²) >= 11 is 1.69. The van der Waals surface area contributed by atoms with E-state index in [0.29, 0.717) is 18.7 Å². The third-order valence-corrected chi connectivity index (χ3v) is 5.48. The molecule has 21 heavy (non-hydrogen) atoms. The van der Waals surface area contributed by atoms with Gasteiger partial charge in [0.2, 0.25) is 0 Å². The number of aromatic nitrogens is 2. The normalized spacial score (nSPS) is 26.2. The fourth-order valence-electron chi connectivity index (χ4n) is 3.78. The number of hydrogen-bond acceptors (Lipinski definition) is 5. The molecule has 2 N–H and O–H groups in total. The molecule has 0 spiro atoms. The molecular weight excluding hydrogens is 284 g/mol. The van der Waals surface area contributed by atoms with Crippen LogP contribution in [-0.4, -0.2) is 41.2 Å². The Kier molecular flexibility index (Phi) is 3.61. The van der Waals surface area contributed by atoms with Gasteiger partial charge in [0.05, 0.1) is 24.4 Å². The molecule has 0 amide bonds. The van der Waals surface area contributed by atoms with Gasteiger partial charge in [0, 0.05) is 24.5 Å². The van der Waals surface area contributed by atoms with Crippen molar-refractivity contribution in [1.29, 1.82) is 0 Å². The number of ether oxygens (including phenoxy) is 1. The number of hydrogen-bond donors (Lipinski definition) is 1. The van der Waals surface area contributed by atoms with E-state index >= 15 is 0 Å². The Balaban J connectivity index is 1.73. The summed E-state index contributed by atoms with van der Waals surface area (Å²) in [6.45, 7) is 2.42. The molecule has 1 saturated carbocycles. The van der Waals surface area contributed by atoms with E-state index in [9.17, 15) is 0 Å². The molecule has 4 rings (SSSR count). The molecule has 2 aromatic rings. The Bertz CT molecular complexity index is 620. The second-order valence-electron chi connectivity index (χ2n) is 5.93. The van der Waals surface area contributed by atoms with Crippen LogP contribution in [0.4, 0.5) is 5.82 Å². The molecular formula is C15H22N4OS. The van der Waals surface area contributed by atoms with Gasteiger partial charge in [0.25, 0.3) is 0 Å². The van der Waals surface area contributed by atoms with Crippen LogP contribution in [0.1, 0.15) is 31.4 Å². The van der Waals surface area contributed by atoms with E-state index in [0.717, 1.165) is 30.4 Å². The fourth-order valence-corrected chi connectivity index (χ4v) is 4.51. The maximum absolute atomic E-state index is 5.99. The summed E-state index contributed by atoms with van der Waals surface area (Å²) in [6, 6.07) is 0.494. The first-order valence-corrected chi connectivity index (χ1v) is 8.79. The molecule has 1 saturated heterocycles. The topological polar surface area (TPSA) is 55.8 Å². The Morgan fingerprint density at radius 2 is 2.29 bits per heavy atom. The molecule has 2 atom stereocenters. The van der Waals surface area contributed by atoms with Crippen LogP contribution in [-0.2, 0) is 11.2 Å². The summed E-state index contributed by atoms with van der Waals surface area (Å²) in [6.07, 6.45) is 8.38. The number of imidazole rings is 1. The Morgan fingerprint density at radius 1 is 1.38 bits per heavy atom. The van der Waals surface area contributed by atoms with Gasteiger partial charge in [-0.05, 0) is 19.4 Å². The van der Waals surface area contributed by atoms with Crippen molar-refractivity contribution in [3.8, 4) is 0 Å². The van der Waals surface area contributed by atoms with Crippen molar-refractivity contribution in [3.05, 3.63) is 17.3 Å². The van der Waals surface area contributed by atoms with Crippen molar-refractivity contribution in [2.75, 3.05) is 24.6 Å². The van der Waals surface area contributed by atoms with Crippen LogP contribution >= 0.6 is 11.3 Å². The highest BCUT2D eigenvalue weighted by Crippen LogP contribution is 2.34. The lowest BCUT2D eigenvalue weighted by molar-refractivity contribution is -0.00901. The van der Waals surface area contributed by atoms with Crippen molar-refractivity contribution in [3.63, 3.8) is 0 Å². The van der Waals surface area contributed by atoms with E-state index < -0.39 is 0 Å². The zero-order valence-electron chi connectivity index (χ0n) is 12.2. The summed E-state index contributed by atoms with van der Waals surface area (Å²) in [4.78, 5) is 8.48.